The number of non-ortho nitro benzene ring substituents is 1. The molecule has 0 spiro atoms. The number of nitrogens with zero attached hydrogens (tertiary/aromatic N) is 3. The molecule has 0 aliphatic carbocycles. The Kier molecular flexibility index (Phi) is 6.06. The Morgan fingerprint density at radius 3 is 2.41 bits per heavy atom. The zero-order valence-electron chi connectivity index (χ0n) is 16.4. The van der Waals surface area contributed by atoms with E-state index in [1.165, 1.54) is 12.1 Å². The Hall–Kier alpha value is -2.69. The topological polar surface area (TPSA) is 119 Å². The monoisotopic (exact) mass is 420 g/mol. The average Bonchev–Trinajstić information content (AvgIpc) is 2.67. The number of hydrogen-bond donors (Lipinski definition) is 1. The number of rotatable bonds is 6. The Morgan fingerprint density at radius 1 is 1.14 bits per heavy atom. The lowest BCUT2D eigenvalue weighted by Crippen LogP contribution is -2.46. The number of nitro benzene ring substituents is 1. The maximum atomic E-state index is 12.0. The highest BCUT2D eigenvalue weighted by molar-refractivity contribution is 7.89. The summed E-state index contributed by atoms with van der Waals surface area (Å²) in [6.07, 6.45) is 0. The van der Waals surface area contributed by atoms with Crippen molar-refractivity contribution in [2.45, 2.75) is 18.4 Å². The van der Waals surface area contributed by atoms with E-state index < -0.39 is 14.9 Å². The Labute approximate surface area is 169 Å². The van der Waals surface area contributed by atoms with Gasteiger partial charge < -0.3 is 9.64 Å². The van der Waals surface area contributed by atoms with Crippen molar-refractivity contribution in [2.75, 3.05) is 38.2 Å². The molecule has 1 heterocycles. The van der Waals surface area contributed by atoms with Gasteiger partial charge in [-0.1, -0.05) is 17.7 Å². The Balaban J connectivity index is 1.76. The largest absolute Gasteiger partial charge is 0.496 e. The minimum atomic E-state index is -4.09. The summed E-state index contributed by atoms with van der Waals surface area (Å²) >= 11 is 0. The first-order valence-electron chi connectivity index (χ1n) is 9.11. The van der Waals surface area contributed by atoms with Gasteiger partial charge in [-0.3, -0.25) is 15.0 Å². The summed E-state index contributed by atoms with van der Waals surface area (Å²) in [6.45, 7) is 5.32. The number of primary sulfonamides is 1. The first kappa shape index (κ1) is 21.0. The third-order valence-corrected chi connectivity index (χ3v) is 5.94. The number of hydrogen-bond acceptors (Lipinski definition) is 7. The van der Waals surface area contributed by atoms with Crippen molar-refractivity contribution in [1.82, 2.24) is 4.90 Å². The number of ether oxygens (including phenoxy) is 1. The van der Waals surface area contributed by atoms with Crippen LogP contribution in [0, 0.1) is 17.0 Å². The predicted octanol–water partition coefficient (Wildman–Crippen LogP) is 1.88. The van der Waals surface area contributed by atoms with Crippen LogP contribution in [0.4, 0.5) is 11.4 Å². The van der Waals surface area contributed by atoms with Crippen LogP contribution in [0.15, 0.2) is 41.3 Å². The summed E-state index contributed by atoms with van der Waals surface area (Å²) in [5.74, 6) is 0.838. The van der Waals surface area contributed by atoms with Crippen LogP contribution < -0.4 is 14.8 Å². The molecular formula is C19H24N4O5S. The quantitative estimate of drug-likeness (QED) is 0.560. The average molecular weight is 420 g/mol. The third-order valence-electron chi connectivity index (χ3n) is 5.00. The third kappa shape index (κ3) is 4.84. The van der Waals surface area contributed by atoms with Crippen molar-refractivity contribution >= 4 is 21.4 Å². The van der Waals surface area contributed by atoms with Crippen molar-refractivity contribution in [3.63, 3.8) is 0 Å². The number of benzene rings is 2. The van der Waals surface area contributed by atoms with Crippen LogP contribution in [-0.2, 0) is 16.6 Å². The van der Waals surface area contributed by atoms with Gasteiger partial charge in [0.1, 0.15) is 10.6 Å². The molecule has 156 valence electrons. The van der Waals surface area contributed by atoms with E-state index in [0.29, 0.717) is 31.9 Å². The highest BCUT2D eigenvalue weighted by Crippen LogP contribution is 2.30. The van der Waals surface area contributed by atoms with Gasteiger partial charge in [-0.2, -0.15) is 0 Å². The summed E-state index contributed by atoms with van der Waals surface area (Å²) in [7, 11) is -2.44. The summed E-state index contributed by atoms with van der Waals surface area (Å²) in [4.78, 5) is 14.3. The molecule has 2 N–H and O–H groups in total. The molecular weight excluding hydrogens is 396 g/mol. The molecule has 0 amide bonds. The van der Waals surface area contributed by atoms with Crippen molar-refractivity contribution < 1.29 is 18.1 Å². The molecule has 0 aromatic heterocycles. The first-order chi connectivity index (χ1) is 13.7. The van der Waals surface area contributed by atoms with Crippen molar-refractivity contribution in [3.05, 3.63) is 57.6 Å². The molecule has 2 aromatic carbocycles. The molecule has 0 bridgehead atoms. The SMILES string of the molecule is COc1ccc(C)cc1CN1CCN(c2ccc([N+](=O)[O-])cc2S(N)(=O)=O)CC1. The fourth-order valence-corrected chi connectivity index (χ4v) is 4.30. The van der Waals surface area contributed by atoms with E-state index in [0.717, 1.165) is 29.5 Å². The molecule has 3 rings (SSSR count). The molecule has 0 saturated carbocycles. The molecule has 10 heteroatoms. The molecule has 0 unspecified atom stereocenters. The first-order valence-corrected chi connectivity index (χ1v) is 10.7. The van der Waals surface area contributed by atoms with Crippen LogP contribution in [0.25, 0.3) is 0 Å². The van der Waals surface area contributed by atoms with Gasteiger partial charge in [-0.15, -0.1) is 0 Å². The van der Waals surface area contributed by atoms with Gasteiger partial charge in [0.2, 0.25) is 10.0 Å². The van der Waals surface area contributed by atoms with E-state index in [4.69, 9.17) is 9.88 Å². The molecule has 1 fully saturated rings. The second-order valence-electron chi connectivity index (χ2n) is 7.03. The van der Waals surface area contributed by atoms with E-state index in [-0.39, 0.29) is 10.6 Å². The molecule has 2 aromatic rings. The number of nitrogens with two attached hydrogens (primary N) is 1. The number of aryl methyl sites for hydroxylation is 1. The summed E-state index contributed by atoms with van der Waals surface area (Å²) in [6, 6.07) is 9.83. The van der Waals surface area contributed by atoms with Gasteiger partial charge in [-0.05, 0) is 19.1 Å². The number of piperazine rings is 1. The number of nitro groups is 1. The van der Waals surface area contributed by atoms with E-state index in [1.807, 2.05) is 24.0 Å². The molecule has 1 aliphatic rings. The van der Waals surface area contributed by atoms with Crippen molar-refractivity contribution in [3.8, 4) is 5.75 Å². The molecule has 1 aliphatic heterocycles. The van der Waals surface area contributed by atoms with E-state index in [2.05, 4.69) is 11.0 Å². The summed E-state index contributed by atoms with van der Waals surface area (Å²) < 4.78 is 29.4. The zero-order valence-corrected chi connectivity index (χ0v) is 17.2. The summed E-state index contributed by atoms with van der Waals surface area (Å²) in [5.41, 5.74) is 2.35. The number of sulfonamides is 1. The van der Waals surface area contributed by atoms with Gasteiger partial charge in [0.25, 0.3) is 5.69 Å². The molecule has 1 saturated heterocycles. The molecule has 0 radical (unpaired) electrons. The smallest absolute Gasteiger partial charge is 0.270 e. The van der Waals surface area contributed by atoms with Crippen LogP contribution in [0.3, 0.4) is 0 Å². The lowest BCUT2D eigenvalue weighted by Gasteiger charge is -2.36. The van der Waals surface area contributed by atoms with Crippen LogP contribution >= 0.6 is 0 Å². The van der Waals surface area contributed by atoms with E-state index in [1.54, 1.807) is 7.11 Å². The zero-order chi connectivity index (χ0) is 21.2. The summed E-state index contributed by atoms with van der Waals surface area (Å²) in [5, 5.41) is 16.3. The number of methoxy groups -OCH3 is 1. The van der Waals surface area contributed by atoms with Crippen LogP contribution in [0.2, 0.25) is 0 Å². The maximum Gasteiger partial charge on any atom is 0.270 e. The minimum Gasteiger partial charge on any atom is -0.496 e. The van der Waals surface area contributed by atoms with Crippen molar-refractivity contribution in [2.24, 2.45) is 5.14 Å². The second-order valence-corrected chi connectivity index (χ2v) is 8.56. The van der Waals surface area contributed by atoms with Gasteiger partial charge in [0, 0.05) is 50.4 Å². The second kappa shape index (κ2) is 8.36. The highest BCUT2D eigenvalue weighted by Gasteiger charge is 2.25. The van der Waals surface area contributed by atoms with E-state index in [9.17, 15) is 18.5 Å². The van der Waals surface area contributed by atoms with Gasteiger partial charge in [0.05, 0.1) is 17.7 Å². The maximum absolute atomic E-state index is 12.0. The standard InChI is InChI=1S/C19H24N4O5S/c1-14-3-6-18(28-2)15(11-14)13-21-7-9-22(10-8-21)17-5-4-16(23(24)25)12-19(17)29(20,26)27/h3-6,11-12H,7-10,13H2,1-2H3,(H2,20,26,27). The Morgan fingerprint density at radius 2 is 1.83 bits per heavy atom. The van der Waals surface area contributed by atoms with Crippen LogP contribution in [0.1, 0.15) is 11.1 Å². The Bertz CT molecular complexity index is 1020. The van der Waals surface area contributed by atoms with Gasteiger partial charge in [0.15, 0.2) is 0 Å². The molecule has 0 atom stereocenters. The highest BCUT2D eigenvalue weighted by atomic mass is 32.2. The molecule has 9 nitrogen and oxygen atoms in total. The minimum absolute atomic E-state index is 0.222. The molecule has 29 heavy (non-hydrogen) atoms. The van der Waals surface area contributed by atoms with Crippen LogP contribution in [-0.4, -0.2) is 51.5 Å². The fourth-order valence-electron chi connectivity index (χ4n) is 3.52. The number of anilines is 1. The normalized spacial score (nSPS) is 15.3. The van der Waals surface area contributed by atoms with E-state index >= 15 is 0 Å². The van der Waals surface area contributed by atoms with Crippen LogP contribution in [0.5, 0.6) is 5.75 Å². The predicted molar refractivity (Wildman–Crippen MR) is 110 cm³/mol. The fraction of sp³-hybridized carbons (Fsp3) is 0.368. The van der Waals surface area contributed by atoms with Crippen molar-refractivity contribution in [1.29, 1.82) is 0 Å². The lowest BCUT2D eigenvalue weighted by atomic mass is 10.1. The lowest BCUT2D eigenvalue weighted by molar-refractivity contribution is -0.385. The van der Waals surface area contributed by atoms with Gasteiger partial charge >= 0.3 is 0 Å². The van der Waals surface area contributed by atoms with Gasteiger partial charge in [-0.25, -0.2) is 13.6 Å².